The molecule has 1 rings (SSSR count). The smallest absolute Gasteiger partial charge is 0.0872 e. The Bertz CT molecular complexity index is 248. The fraction of sp³-hybridized carbons (Fsp3) is 0.250. The van der Waals surface area contributed by atoms with Gasteiger partial charge >= 0.3 is 0 Å². The SMILES string of the molecule is C[B]c1cc(Cl)c(C)c(Cl)c1. The Morgan fingerprint density at radius 1 is 1.18 bits per heavy atom. The van der Waals surface area contributed by atoms with Crippen molar-refractivity contribution >= 4 is 35.9 Å². The Morgan fingerprint density at radius 3 is 2.00 bits per heavy atom. The standard InChI is InChI=1S/C8H8BCl2/c1-5-7(10)3-6(9-2)4-8(5)11/h3-4H,1-2H3. The summed E-state index contributed by atoms with van der Waals surface area (Å²) in [5.74, 6) is 0. The number of hydrogen-bond acceptors (Lipinski definition) is 0. The van der Waals surface area contributed by atoms with Crippen LogP contribution in [0.15, 0.2) is 12.1 Å². The molecule has 0 fully saturated rings. The maximum Gasteiger partial charge on any atom is 0.148 e. The van der Waals surface area contributed by atoms with E-state index >= 15 is 0 Å². The molecule has 1 aromatic carbocycles. The molecule has 0 aromatic heterocycles. The lowest BCUT2D eigenvalue weighted by molar-refractivity contribution is 1.49. The van der Waals surface area contributed by atoms with Crippen molar-refractivity contribution in [2.45, 2.75) is 13.7 Å². The minimum absolute atomic E-state index is 0.727. The molecule has 0 aliphatic rings. The number of hydrogen-bond donors (Lipinski definition) is 0. The van der Waals surface area contributed by atoms with Gasteiger partial charge in [-0.3, -0.25) is 0 Å². The van der Waals surface area contributed by atoms with Gasteiger partial charge in [0.2, 0.25) is 0 Å². The Labute approximate surface area is 77.8 Å². The average molecular weight is 186 g/mol. The molecule has 1 radical (unpaired) electrons. The first-order chi connectivity index (χ1) is 5.15. The highest BCUT2D eigenvalue weighted by Crippen LogP contribution is 2.21. The summed E-state index contributed by atoms with van der Waals surface area (Å²) in [6.07, 6.45) is 0. The zero-order valence-electron chi connectivity index (χ0n) is 6.49. The van der Waals surface area contributed by atoms with Crippen molar-refractivity contribution in [2.24, 2.45) is 0 Å². The Kier molecular flexibility index (Phi) is 2.86. The van der Waals surface area contributed by atoms with Crippen LogP contribution in [0.3, 0.4) is 0 Å². The second-order valence-electron chi connectivity index (χ2n) is 2.40. The van der Waals surface area contributed by atoms with Crippen molar-refractivity contribution in [3.63, 3.8) is 0 Å². The molecule has 0 atom stereocenters. The summed E-state index contributed by atoms with van der Waals surface area (Å²) in [6.45, 7) is 3.86. The van der Waals surface area contributed by atoms with Crippen molar-refractivity contribution in [2.75, 3.05) is 0 Å². The van der Waals surface area contributed by atoms with Gasteiger partial charge in [0.1, 0.15) is 7.28 Å². The minimum Gasteiger partial charge on any atom is -0.0872 e. The zero-order valence-corrected chi connectivity index (χ0v) is 8.00. The minimum atomic E-state index is 0.727. The predicted octanol–water partition coefficient (Wildman–Crippen LogP) is 2.68. The van der Waals surface area contributed by atoms with E-state index in [4.69, 9.17) is 23.2 Å². The molecule has 0 bridgehead atoms. The molecule has 57 valence electrons. The van der Waals surface area contributed by atoms with Gasteiger partial charge < -0.3 is 0 Å². The lowest BCUT2D eigenvalue weighted by atomic mass is 9.73. The van der Waals surface area contributed by atoms with Gasteiger partial charge in [0.05, 0.1) is 0 Å². The highest BCUT2D eigenvalue weighted by molar-refractivity contribution is 6.53. The van der Waals surface area contributed by atoms with E-state index in [-0.39, 0.29) is 0 Å². The number of benzene rings is 1. The number of halogens is 2. The summed E-state index contributed by atoms with van der Waals surface area (Å²) in [5, 5.41) is 1.45. The summed E-state index contributed by atoms with van der Waals surface area (Å²) in [6, 6.07) is 3.81. The Morgan fingerprint density at radius 2 is 1.64 bits per heavy atom. The summed E-state index contributed by atoms with van der Waals surface area (Å²) in [5.41, 5.74) is 2.00. The van der Waals surface area contributed by atoms with Crippen LogP contribution in [0.1, 0.15) is 5.56 Å². The zero-order chi connectivity index (χ0) is 8.43. The predicted molar refractivity (Wildman–Crippen MR) is 52.5 cm³/mol. The molecular weight excluding hydrogens is 178 g/mol. The molecule has 0 aliphatic heterocycles. The fourth-order valence-electron chi connectivity index (χ4n) is 0.832. The van der Waals surface area contributed by atoms with Crippen LogP contribution in [0, 0.1) is 6.92 Å². The highest BCUT2D eigenvalue weighted by atomic mass is 35.5. The van der Waals surface area contributed by atoms with Gasteiger partial charge in [-0.25, -0.2) is 0 Å². The van der Waals surface area contributed by atoms with Crippen LogP contribution >= 0.6 is 23.2 Å². The molecular formula is C8H8BCl2. The molecule has 11 heavy (non-hydrogen) atoms. The van der Waals surface area contributed by atoms with E-state index in [1.54, 1.807) is 0 Å². The molecule has 0 nitrogen and oxygen atoms in total. The van der Waals surface area contributed by atoms with Crippen LogP contribution in [-0.4, -0.2) is 7.28 Å². The third-order valence-electron chi connectivity index (χ3n) is 1.64. The Hall–Kier alpha value is -0.135. The van der Waals surface area contributed by atoms with E-state index in [9.17, 15) is 0 Å². The monoisotopic (exact) mass is 185 g/mol. The summed E-state index contributed by atoms with van der Waals surface area (Å²) >= 11 is 11.8. The van der Waals surface area contributed by atoms with Crippen molar-refractivity contribution in [3.05, 3.63) is 27.7 Å². The Balaban J connectivity index is 3.21. The quantitative estimate of drug-likeness (QED) is 0.591. The second kappa shape index (κ2) is 3.51. The van der Waals surface area contributed by atoms with Crippen LogP contribution < -0.4 is 5.46 Å². The van der Waals surface area contributed by atoms with Crippen LogP contribution in [-0.2, 0) is 0 Å². The topological polar surface area (TPSA) is 0 Å². The van der Waals surface area contributed by atoms with E-state index in [2.05, 4.69) is 0 Å². The van der Waals surface area contributed by atoms with E-state index in [1.165, 1.54) is 0 Å². The van der Waals surface area contributed by atoms with Crippen LogP contribution in [0.25, 0.3) is 0 Å². The van der Waals surface area contributed by atoms with Gasteiger partial charge in [-0.2, -0.15) is 0 Å². The molecule has 0 N–H and O–H groups in total. The first-order valence-corrected chi connectivity index (χ1v) is 4.15. The first-order valence-electron chi connectivity index (χ1n) is 3.40. The lowest BCUT2D eigenvalue weighted by Gasteiger charge is -2.03. The van der Waals surface area contributed by atoms with Gasteiger partial charge in [0, 0.05) is 10.0 Å². The van der Waals surface area contributed by atoms with Gasteiger partial charge in [-0.05, 0) is 24.6 Å². The third kappa shape index (κ3) is 1.91. The van der Waals surface area contributed by atoms with Crippen molar-refractivity contribution < 1.29 is 0 Å². The largest absolute Gasteiger partial charge is 0.148 e. The van der Waals surface area contributed by atoms with E-state index < -0.39 is 0 Å². The molecule has 0 saturated carbocycles. The fourth-order valence-corrected chi connectivity index (χ4v) is 1.34. The molecule has 3 heteroatoms. The summed E-state index contributed by atoms with van der Waals surface area (Å²) in [4.78, 5) is 0. The third-order valence-corrected chi connectivity index (χ3v) is 2.42. The van der Waals surface area contributed by atoms with Crippen molar-refractivity contribution in [1.82, 2.24) is 0 Å². The van der Waals surface area contributed by atoms with E-state index in [1.807, 2.05) is 33.2 Å². The van der Waals surface area contributed by atoms with Crippen LogP contribution in [0.5, 0.6) is 0 Å². The van der Waals surface area contributed by atoms with Gasteiger partial charge in [0.25, 0.3) is 0 Å². The molecule has 0 aliphatic carbocycles. The van der Waals surface area contributed by atoms with Gasteiger partial charge in [-0.1, -0.05) is 35.5 Å². The molecule has 0 heterocycles. The number of rotatable bonds is 1. The maximum atomic E-state index is 5.89. The normalized spacial score (nSPS) is 9.82. The van der Waals surface area contributed by atoms with E-state index in [0.29, 0.717) is 0 Å². The average Bonchev–Trinajstić information content (AvgIpc) is 1.99. The molecule has 0 unspecified atom stereocenters. The summed E-state index contributed by atoms with van der Waals surface area (Å²) < 4.78 is 0. The van der Waals surface area contributed by atoms with E-state index in [0.717, 1.165) is 21.1 Å². The highest BCUT2D eigenvalue weighted by Gasteiger charge is 2.01. The van der Waals surface area contributed by atoms with Crippen LogP contribution in [0.4, 0.5) is 0 Å². The first kappa shape index (κ1) is 8.96. The second-order valence-corrected chi connectivity index (χ2v) is 3.21. The lowest BCUT2D eigenvalue weighted by Crippen LogP contribution is -2.10. The van der Waals surface area contributed by atoms with Gasteiger partial charge in [-0.15, -0.1) is 0 Å². The summed E-state index contributed by atoms with van der Waals surface area (Å²) in [7, 11) is 1.97. The molecule has 0 spiro atoms. The van der Waals surface area contributed by atoms with Gasteiger partial charge in [0.15, 0.2) is 0 Å². The molecule has 1 aromatic rings. The maximum absolute atomic E-state index is 5.89. The van der Waals surface area contributed by atoms with Crippen molar-refractivity contribution in [3.8, 4) is 0 Å². The van der Waals surface area contributed by atoms with Crippen LogP contribution in [0.2, 0.25) is 16.9 Å². The molecule has 0 saturated heterocycles. The van der Waals surface area contributed by atoms with Crippen molar-refractivity contribution in [1.29, 1.82) is 0 Å². The molecule has 0 amide bonds.